The molecule has 1 atom stereocenters. The van der Waals surface area contributed by atoms with Crippen molar-refractivity contribution in [1.82, 2.24) is 15.3 Å². The number of benzene rings is 1. The number of likely N-dealkylation sites (N-methyl/N-ethyl adjacent to an activating group) is 1. The van der Waals surface area contributed by atoms with E-state index in [0.29, 0.717) is 0 Å². The Bertz CT molecular complexity index is 508. The number of rotatable bonds is 4. The Balaban J connectivity index is 2.23. The second-order valence-corrected chi connectivity index (χ2v) is 4.58. The fourth-order valence-corrected chi connectivity index (χ4v) is 2.05. The molecule has 2 rings (SSSR count). The summed E-state index contributed by atoms with van der Waals surface area (Å²) in [4.78, 5) is 8.65. The molecule has 1 heterocycles. The van der Waals surface area contributed by atoms with E-state index in [4.69, 9.17) is 0 Å². The predicted molar refractivity (Wildman–Crippen MR) is 73.5 cm³/mol. The summed E-state index contributed by atoms with van der Waals surface area (Å²) in [7, 11) is 1.95. The van der Waals surface area contributed by atoms with Crippen molar-refractivity contribution >= 4 is 0 Å². The molecule has 3 heteroatoms. The van der Waals surface area contributed by atoms with E-state index in [2.05, 4.69) is 47.3 Å². The van der Waals surface area contributed by atoms with Crippen LogP contribution in [0, 0.1) is 13.8 Å². The second-order valence-electron chi connectivity index (χ2n) is 4.58. The summed E-state index contributed by atoms with van der Waals surface area (Å²) in [6.07, 6.45) is 4.49. The fraction of sp³-hybridized carbons (Fsp3) is 0.333. The van der Waals surface area contributed by atoms with Crippen molar-refractivity contribution in [2.75, 3.05) is 7.05 Å². The Hall–Kier alpha value is -1.74. The normalized spacial score (nSPS) is 12.4. The predicted octanol–water partition coefficient (Wildman–Crippen LogP) is 2.60. The molecule has 0 fully saturated rings. The van der Waals surface area contributed by atoms with Gasteiger partial charge in [-0.15, -0.1) is 0 Å². The highest BCUT2D eigenvalue weighted by atomic mass is 15.0. The second kappa shape index (κ2) is 5.74. The van der Waals surface area contributed by atoms with E-state index in [9.17, 15) is 0 Å². The Morgan fingerprint density at radius 3 is 2.56 bits per heavy atom. The van der Waals surface area contributed by atoms with Crippen LogP contribution in [-0.4, -0.2) is 17.0 Å². The van der Waals surface area contributed by atoms with Crippen LogP contribution in [0.4, 0.5) is 0 Å². The minimum atomic E-state index is 0.159. The molecule has 1 aromatic carbocycles. The van der Waals surface area contributed by atoms with E-state index in [0.717, 1.165) is 12.2 Å². The summed E-state index contributed by atoms with van der Waals surface area (Å²) in [6.45, 7) is 4.27. The zero-order valence-corrected chi connectivity index (χ0v) is 11.1. The van der Waals surface area contributed by atoms with Gasteiger partial charge < -0.3 is 5.32 Å². The van der Waals surface area contributed by atoms with E-state index in [1.807, 2.05) is 13.1 Å². The summed E-state index contributed by atoms with van der Waals surface area (Å²) in [5, 5.41) is 3.29. The third-order valence-corrected chi connectivity index (χ3v) is 3.17. The number of hydrogen-bond donors (Lipinski definition) is 1. The first-order chi connectivity index (χ1) is 8.70. The van der Waals surface area contributed by atoms with Crippen LogP contribution in [0.1, 0.15) is 28.6 Å². The lowest BCUT2D eigenvalue weighted by Crippen LogP contribution is -2.21. The van der Waals surface area contributed by atoms with Crippen LogP contribution in [0.25, 0.3) is 0 Å². The number of aromatic nitrogens is 2. The maximum absolute atomic E-state index is 4.32. The maximum Gasteiger partial charge on any atom is 0.145 e. The summed E-state index contributed by atoms with van der Waals surface area (Å²) in [6, 6.07) is 8.55. The van der Waals surface area contributed by atoms with Crippen molar-refractivity contribution in [3.63, 3.8) is 0 Å². The van der Waals surface area contributed by atoms with Crippen molar-refractivity contribution < 1.29 is 0 Å². The third kappa shape index (κ3) is 2.93. The number of nitrogens with one attached hydrogen (secondary N) is 1. The smallest absolute Gasteiger partial charge is 0.145 e. The Kier molecular flexibility index (Phi) is 4.05. The first kappa shape index (κ1) is 12.7. The molecule has 0 saturated carbocycles. The van der Waals surface area contributed by atoms with Crippen LogP contribution < -0.4 is 5.32 Å². The van der Waals surface area contributed by atoms with Gasteiger partial charge in [0.2, 0.25) is 0 Å². The van der Waals surface area contributed by atoms with Crippen molar-refractivity contribution in [2.24, 2.45) is 0 Å². The first-order valence-corrected chi connectivity index (χ1v) is 6.21. The summed E-state index contributed by atoms with van der Waals surface area (Å²) in [5.74, 6) is 0.848. The molecular weight excluding hydrogens is 222 g/mol. The van der Waals surface area contributed by atoms with Gasteiger partial charge in [-0.25, -0.2) is 9.97 Å². The molecular formula is C15H19N3. The van der Waals surface area contributed by atoms with Crippen molar-refractivity contribution in [2.45, 2.75) is 26.3 Å². The summed E-state index contributed by atoms with van der Waals surface area (Å²) < 4.78 is 0. The summed E-state index contributed by atoms with van der Waals surface area (Å²) in [5.41, 5.74) is 3.96. The van der Waals surface area contributed by atoms with Crippen molar-refractivity contribution in [3.05, 3.63) is 59.2 Å². The van der Waals surface area contributed by atoms with Gasteiger partial charge in [0.05, 0.1) is 6.04 Å². The van der Waals surface area contributed by atoms with Crippen LogP contribution in [0.5, 0.6) is 0 Å². The Morgan fingerprint density at radius 2 is 1.89 bits per heavy atom. The molecule has 94 valence electrons. The standard InChI is InChI=1S/C15H19N3/c1-11-5-6-12(2)13(9-11)10-14(16-3)15-17-7-4-8-18-15/h4-9,14,16H,10H2,1-3H3. The van der Waals surface area contributed by atoms with E-state index in [1.165, 1.54) is 16.7 Å². The molecule has 0 aliphatic heterocycles. The van der Waals surface area contributed by atoms with Crippen molar-refractivity contribution in [1.29, 1.82) is 0 Å². The molecule has 0 amide bonds. The van der Waals surface area contributed by atoms with E-state index in [-0.39, 0.29) is 6.04 Å². The third-order valence-electron chi connectivity index (χ3n) is 3.17. The summed E-state index contributed by atoms with van der Waals surface area (Å²) >= 11 is 0. The Morgan fingerprint density at radius 1 is 1.17 bits per heavy atom. The van der Waals surface area contributed by atoms with Gasteiger partial charge in [-0.2, -0.15) is 0 Å². The van der Waals surface area contributed by atoms with Crippen molar-refractivity contribution in [3.8, 4) is 0 Å². The average Bonchev–Trinajstić information content (AvgIpc) is 2.41. The Labute approximate surface area is 108 Å². The molecule has 0 spiro atoms. The van der Waals surface area contributed by atoms with Gasteiger partial charge in [0.1, 0.15) is 5.82 Å². The topological polar surface area (TPSA) is 37.8 Å². The number of aryl methyl sites for hydroxylation is 2. The monoisotopic (exact) mass is 241 g/mol. The lowest BCUT2D eigenvalue weighted by atomic mass is 9.98. The van der Waals surface area contributed by atoms with Gasteiger partial charge in [-0.05, 0) is 44.5 Å². The molecule has 2 aromatic rings. The van der Waals surface area contributed by atoms with Gasteiger partial charge in [0.25, 0.3) is 0 Å². The number of nitrogens with zero attached hydrogens (tertiary/aromatic N) is 2. The largest absolute Gasteiger partial charge is 0.310 e. The zero-order chi connectivity index (χ0) is 13.0. The van der Waals surface area contributed by atoms with Gasteiger partial charge in [-0.1, -0.05) is 23.8 Å². The quantitative estimate of drug-likeness (QED) is 0.894. The first-order valence-electron chi connectivity index (χ1n) is 6.21. The highest BCUT2D eigenvalue weighted by Crippen LogP contribution is 2.18. The van der Waals surface area contributed by atoms with E-state index in [1.54, 1.807) is 12.4 Å². The molecule has 0 aliphatic rings. The molecule has 3 nitrogen and oxygen atoms in total. The van der Waals surface area contributed by atoms with Crippen LogP contribution in [-0.2, 0) is 6.42 Å². The molecule has 1 N–H and O–H groups in total. The van der Waals surface area contributed by atoms with E-state index < -0.39 is 0 Å². The minimum absolute atomic E-state index is 0.159. The van der Waals surface area contributed by atoms with Crippen LogP contribution in [0.15, 0.2) is 36.7 Å². The molecule has 0 radical (unpaired) electrons. The maximum atomic E-state index is 4.32. The molecule has 18 heavy (non-hydrogen) atoms. The molecule has 0 bridgehead atoms. The highest BCUT2D eigenvalue weighted by molar-refractivity contribution is 5.31. The molecule has 1 aromatic heterocycles. The van der Waals surface area contributed by atoms with Gasteiger partial charge in [-0.3, -0.25) is 0 Å². The molecule has 0 saturated heterocycles. The van der Waals surface area contributed by atoms with Crippen LogP contribution in [0.2, 0.25) is 0 Å². The van der Waals surface area contributed by atoms with Gasteiger partial charge >= 0.3 is 0 Å². The van der Waals surface area contributed by atoms with E-state index >= 15 is 0 Å². The highest BCUT2D eigenvalue weighted by Gasteiger charge is 2.13. The molecule has 0 aliphatic carbocycles. The van der Waals surface area contributed by atoms with Gasteiger partial charge in [0, 0.05) is 12.4 Å². The van der Waals surface area contributed by atoms with Crippen LogP contribution in [0.3, 0.4) is 0 Å². The number of hydrogen-bond acceptors (Lipinski definition) is 3. The lowest BCUT2D eigenvalue weighted by molar-refractivity contribution is 0.556. The zero-order valence-electron chi connectivity index (χ0n) is 11.1. The minimum Gasteiger partial charge on any atom is -0.310 e. The van der Waals surface area contributed by atoms with Crippen LogP contribution >= 0.6 is 0 Å². The SMILES string of the molecule is CNC(Cc1cc(C)ccc1C)c1ncccn1. The fourth-order valence-electron chi connectivity index (χ4n) is 2.05. The molecule has 1 unspecified atom stereocenters. The van der Waals surface area contributed by atoms with Gasteiger partial charge in [0.15, 0.2) is 0 Å². The average molecular weight is 241 g/mol. The lowest BCUT2D eigenvalue weighted by Gasteiger charge is -2.16.